The quantitative estimate of drug-likeness (QED) is 0.183. The Morgan fingerprint density at radius 1 is 1.27 bits per heavy atom. The molecule has 1 heterocycles. The van der Waals surface area contributed by atoms with Crippen LogP contribution >= 0.6 is 35.6 Å². The number of amides is 1. The molecule has 8 heteroatoms. The van der Waals surface area contributed by atoms with E-state index in [1.54, 1.807) is 54.6 Å². The first-order chi connectivity index (χ1) is 14.4. The van der Waals surface area contributed by atoms with Crippen molar-refractivity contribution in [2.45, 2.75) is 6.92 Å². The fourth-order valence-corrected chi connectivity index (χ4v) is 4.17. The molecule has 0 aliphatic carbocycles. The number of thioether (sulfide) groups is 1. The van der Waals surface area contributed by atoms with Crippen molar-refractivity contribution in [3.05, 3.63) is 76.2 Å². The largest absolute Gasteiger partial charge is 0.490 e. The van der Waals surface area contributed by atoms with Crippen molar-refractivity contribution in [1.29, 1.82) is 0 Å². The van der Waals surface area contributed by atoms with Crippen LogP contribution in [0.2, 0.25) is 5.02 Å². The first kappa shape index (κ1) is 22.1. The topological polar surface area (TPSA) is 55.8 Å². The molecule has 1 aliphatic heterocycles. The Labute approximate surface area is 189 Å². The van der Waals surface area contributed by atoms with Crippen LogP contribution in [-0.2, 0) is 4.79 Å². The third-order valence-corrected chi connectivity index (χ3v) is 5.75. The van der Waals surface area contributed by atoms with Crippen LogP contribution in [-0.4, -0.2) is 34.2 Å². The number of thiocarbonyl (C=S) groups is 1. The summed E-state index contributed by atoms with van der Waals surface area (Å²) < 4.78 is 11.6. The van der Waals surface area contributed by atoms with Crippen LogP contribution in [0.15, 0.2) is 60.0 Å². The van der Waals surface area contributed by atoms with Gasteiger partial charge < -0.3 is 9.47 Å². The number of ether oxygens (including phenoxy) is 2. The number of hydrogen-bond acceptors (Lipinski definition) is 6. The fourth-order valence-electron chi connectivity index (χ4n) is 2.69. The lowest BCUT2D eigenvalue weighted by molar-refractivity contribution is -0.121. The lowest BCUT2D eigenvalue weighted by atomic mass is 10.1. The van der Waals surface area contributed by atoms with E-state index in [9.17, 15) is 9.59 Å². The van der Waals surface area contributed by atoms with Crippen LogP contribution in [0, 0.1) is 0 Å². The molecule has 2 aromatic carbocycles. The van der Waals surface area contributed by atoms with Crippen LogP contribution in [0.1, 0.15) is 22.8 Å². The third-order valence-electron chi connectivity index (χ3n) is 4.05. The second-order valence-electron chi connectivity index (χ2n) is 6.09. The predicted octanol–water partition coefficient (Wildman–Crippen LogP) is 5.35. The standard InChI is InChI=1S/C22H18ClNO4S2/c1-3-11-24-20(25)19(30-22(24)29)13-14-9-10-17(18(12-14)27-4-2)28-21(26)15-7-5-6-8-16(15)23/h3,5-10,12-13H,1,4,11H2,2H3/b19-13+. The summed E-state index contributed by atoms with van der Waals surface area (Å²) in [6.07, 6.45) is 3.35. The fraction of sp³-hybridized carbons (Fsp3) is 0.136. The molecule has 0 N–H and O–H groups in total. The average molecular weight is 460 g/mol. The number of halogens is 1. The van der Waals surface area contributed by atoms with Gasteiger partial charge >= 0.3 is 5.97 Å². The molecule has 0 radical (unpaired) electrons. The van der Waals surface area contributed by atoms with Gasteiger partial charge in [-0.1, -0.05) is 59.9 Å². The molecule has 5 nitrogen and oxygen atoms in total. The Bertz CT molecular complexity index is 1050. The minimum atomic E-state index is -0.584. The van der Waals surface area contributed by atoms with Crippen molar-refractivity contribution < 1.29 is 19.1 Å². The van der Waals surface area contributed by atoms with Gasteiger partial charge in [0.15, 0.2) is 11.5 Å². The molecule has 0 saturated carbocycles. The van der Waals surface area contributed by atoms with E-state index in [0.29, 0.717) is 33.1 Å². The van der Waals surface area contributed by atoms with Gasteiger partial charge in [0, 0.05) is 6.54 Å². The lowest BCUT2D eigenvalue weighted by Crippen LogP contribution is -2.27. The number of rotatable bonds is 7. The summed E-state index contributed by atoms with van der Waals surface area (Å²) in [7, 11) is 0. The van der Waals surface area contributed by atoms with Gasteiger partial charge in [-0.3, -0.25) is 9.69 Å². The highest BCUT2D eigenvalue weighted by molar-refractivity contribution is 8.26. The van der Waals surface area contributed by atoms with Gasteiger partial charge in [0.25, 0.3) is 5.91 Å². The van der Waals surface area contributed by atoms with E-state index in [1.807, 2.05) is 6.92 Å². The Morgan fingerprint density at radius 2 is 2.03 bits per heavy atom. The summed E-state index contributed by atoms with van der Waals surface area (Å²) in [5.41, 5.74) is 0.978. The molecule has 1 fully saturated rings. The van der Waals surface area contributed by atoms with Crippen molar-refractivity contribution in [3.8, 4) is 11.5 Å². The summed E-state index contributed by atoms with van der Waals surface area (Å²) in [6.45, 7) is 6.21. The molecular formula is C22H18ClNO4S2. The zero-order valence-corrected chi connectivity index (χ0v) is 18.5. The highest BCUT2D eigenvalue weighted by Gasteiger charge is 2.31. The lowest BCUT2D eigenvalue weighted by Gasteiger charge is -2.12. The molecule has 1 amide bonds. The molecule has 0 unspecified atom stereocenters. The number of nitrogens with zero attached hydrogens (tertiary/aromatic N) is 1. The van der Waals surface area contributed by atoms with Crippen LogP contribution in [0.25, 0.3) is 6.08 Å². The minimum absolute atomic E-state index is 0.169. The zero-order chi connectivity index (χ0) is 21.7. The van der Waals surface area contributed by atoms with Gasteiger partial charge in [-0.25, -0.2) is 4.79 Å². The Morgan fingerprint density at radius 3 is 2.73 bits per heavy atom. The van der Waals surface area contributed by atoms with Crippen molar-refractivity contribution in [3.63, 3.8) is 0 Å². The van der Waals surface area contributed by atoms with E-state index in [-0.39, 0.29) is 17.2 Å². The van der Waals surface area contributed by atoms with Gasteiger partial charge in [-0.2, -0.15) is 0 Å². The van der Waals surface area contributed by atoms with Crippen molar-refractivity contribution in [1.82, 2.24) is 4.90 Å². The number of carbonyl (C=O) groups is 2. The molecule has 3 rings (SSSR count). The third kappa shape index (κ3) is 4.92. The molecule has 30 heavy (non-hydrogen) atoms. The Kier molecular flexibility index (Phi) is 7.31. The molecule has 0 bridgehead atoms. The van der Waals surface area contributed by atoms with Crippen LogP contribution in [0.4, 0.5) is 0 Å². The molecule has 0 atom stereocenters. The maximum Gasteiger partial charge on any atom is 0.345 e. The number of benzene rings is 2. The molecule has 1 aliphatic rings. The van der Waals surface area contributed by atoms with Gasteiger partial charge in [-0.15, -0.1) is 6.58 Å². The Balaban J connectivity index is 1.86. The highest BCUT2D eigenvalue weighted by atomic mass is 35.5. The monoisotopic (exact) mass is 459 g/mol. The van der Waals surface area contributed by atoms with E-state index >= 15 is 0 Å². The first-order valence-corrected chi connectivity index (χ1v) is 10.6. The molecule has 0 aromatic heterocycles. The summed E-state index contributed by atoms with van der Waals surface area (Å²) in [5, 5.41) is 0.304. The van der Waals surface area contributed by atoms with E-state index in [0.717, 1.165) is 5.56 Å². The summed E-state index contributed by atoms with van der Waals surface area (Å²) >= 11 is 12.6. The SMILES string of the molecule is C=CCN1C(=O)/C(=C\c2ccc(OC(=O)c3ccccc3Cl)c(OCC)c2)SC1=S. The number of hydrogen-bond donors (Lipinski definition) is 0. The maximum absolute atomic E-state index is 12.5. The normalized spacial score (nSPS) is 14.9. The molecule has 1 saturated heterocycles. The maximum atomic E-state index is 12.5. The molecule has 154 valence electrons. The van der Waals surface area contributed by atoms with Crippen LogP contribution in [0.3, 0.4) is 0 Å². The molecule has 2 aromatic rings. The first-order valence-electron chi connectivity index (χ1n) is 9.04. The van der Waals surface area contributed by atoms with Gasteiger partial charge in [0.05, 0.1) is 22.1 Å². The predicted molar refractivity (Wildman–Crippen MR) is 124 cm³/mol. The van der Waals surface area contributed by atoms with Gasteiger partial charge in [0.2, 0.25) is 0 Å². The Hall–Kier alpha value is -2.61. The second kappa shape index (κ2) is 9.93. The van der Waals surface area contributed by atoms with Crippen molar-refractivity contribution >= 4 is 57.9 Å². The average Bonchev–Trinajstić information content (AvgIpc) is 2.98. The highest BCUT2D eigenvalue weighted by Crippen LogP contribution is 2.35. The van der Waals surface area contributed by atoms with Gasteiger partial charge in [0.1, 0.15) is 4.32 Å². The molecular weight excluding hydrogens is 442 g/mol. The number of esters is 1. The van der Waals surface area contributed by atoms with E-state index < -0.39 is 5.97 Å². The molecule has 0 spiro atoms. The van der Waals surface area contributed by atoms with Gasteiger partial charge in [-0.05, 0) is 42.8 Å². The summed E-state index contributed by atoms with van der Waals surface area (Å²) in [5.74, 6) is -0.108. The smallest absolute Gasteiger partial charge is 0.345 e. The summed E-state index contributed by atoms with van der Waals surface area (Å²) in [4.78, 5) is 27.0. The van der Waals surface area contributed by atoms with Crippen LogP contribution in [0.5, 0.6) is 11.5 Å². The van der Waals surface area contributed by atoms with Crippen LogP contribution < -0.4 is 9.47 Å². The van der Waals surface area contributed by atoms with Crippen molar-refractivity contribution in [2.75, 3.05) is 13.2 Å². The number of carbonyl (C=O) groups excluding carboxylic acids is 2. The van der Waals surface area contributed by atoms with E-state index in [4.69, 9.17) is 33.3 Å². The zero-order valence-electron chi connectivity index (χ0n) is 16.1. The second-order valence-corrected chi connectivity index (χ2v) is 8.17. The van der Waals surface area contributed by atoms with Crippen molar-refractivity contribution in [2.24, 2.45) is 0 Å². The van der Waals surface area contributed by atoms with E-state index in [2.05, 4.69) is 6.58 Å². The summed E-state index contributed by atoms with van der Waals surface area (Å²) in [6, 6.07) is 11.7. The minimum Gasteiger partial charge on any atom is -0.490 e. The van der Waals surface area contributed by atoms with E-state index in [1.165, 1.54) is 16.7 Å².